The number of thioether (sulfide) groups is 1. The molecule has 0 heterocycles. The normalized spacial score (nSPS) is 12.8. The summed E-state index contributed by atoms with van der Waals surface area (Å²) in [5, 5.41) is 0. The van der Waals surface area contributed by atoms with E-state index in [9.17, 15) is 22.8 Å². The Morgan fingerprint density at radius 2 is 1.81 bits per heavy atom. The molecule has 0 amide bonds. The lowest BCUT2D eigenvalue weighted by atomic mass is 9.95. The van der Waals surface area contributed by atoms with E-state index in [1.807, 2.05) is 6.26 Å². The van der Waals surface area contributed by atoms with Crippen LogP contribution in [0.5, 0.6) is 0 Å². The van der Waals surface area contributed by atoms with Crippen molar-refractivity contribution >= 4 is 23.5 Å². The van der Waals surface area contributed by atoms with Crippen LogP contribution in [0.3, 0.4) is 0 Å². The minimum absolute atomic E-state index is 0.0775. The smallest absolute Gasteiger partial charge is 0.450 e. The van der Waals surface area contributed by atoms with Crippen LogP contribution in [0.15, 0.2) is 29.2 Å². The molecule has 0 N–H and O–H groups in total. The molecule has 1 unspecified atom stereocenters. The van der Waals surface area contributed by atoms with Gasteiger partial charge in [-0.25, -0.2) is 0 Å². The maximum Gasteiger partial charge on any atom is 0.450 e. The van der Waals surface area contributed by atoms with E-state index >= 15 is 0 Å². The fraction of sp³-hybridized carbons (Fsp3) is 0.429. The van der Waals surface area contributed by atoms with Gasteiger partial charge in [-0.1, -0.05) is 12.1 Å². The molecule has 0 bridgehead atoms. The number of rotatable bonds is 6. The first kappa shape index (κ1) is 17.6. The van der Waals surface area contributed by atoms with Crippen LogP contribution in [0, 0.1) is 5.92 Å². The average molecular weight is 320 g/mol. The second-order valence-corrected chi connectivity index (χ2v) is 5.10. The SMILES string of the molecule is CCOC(=O)C(Cc1ccc(SC)cc1)C(=O)C(F)(F)F. The molecule has 0 aromatic heterocycles. The number of Topliss-reactive ketones (excluding diaryl/α,β-unsaturated/α-hetero) is 1. The van der Waals surface area contributed by atoms with E-state index in [0.29, 0.717) is 5.56 Å². The van der Waals surface area contributed by atoms with E-state index < -0.39 is 23.8 Å². The first-order valence-electron chi connectivity index (χ1n) is 6.20. The van der Waals surface area contributed by atoms with Gasteiger partial charge in [0.25, 0.3) is 5.78 Å². The Balaban J connectivity index is 2.95. The van der Waals surface area contributed by atoms with Crippen molar-refractivity contribution in [3.8, 4) is 0 Å². The molecule has 0 saturated carbocycles. The van der Waals surface area contributed by atoms with Gasteiger partial charge in [0.1, 0.15) is 5.92 Å². The predicted molar refractivity (Wildman–Crippen MR) is 73.1 cm³/mol. The molecule has 7 heteroatoms. The van der Waals surface area contributed by atoms with Crippen LogP contribution < -0.4 is 0 Å². The monoisotopic (exact) mass is 320 g/mol. The van der Waals surface area contributed by atoms with Gasteiger partial charge in [0.15, 0.2) is 0 Å². The summed E-state index contributed by atoms with van der Waals surface area (Å²) in [7, 11) is 0. The molecule has 0 aliphatic rings. The average Bonchev–Trinajstić information content (AvgIpc) is 2.44. The molecule has 1 atom stereocenters. The molecule has 116 valence electrons. The molecule has 1 aromatic rings. The van der Waals surface area contributed by atoms with E-state index in [1.54, 1.807) is 24.3 Å². The standard InChI is InChI=1S/C14H15F3O3S/c1-3-20-13(19)11(12(18)14(15,16)17)8-9-4-6-10(21-2)7-5-9/h4-7,11H,3,8H2,1-2H3. The van der Waals surface area contributed by atoms with Crippen molar-refractivity contribution < 1.29 is 27.5 Å². The second kappa shape index (κ2) is 7.49. The summed E-state index contributed by atoms with van der Waals surface area (Å²) >= 11 is 1.48. The van der Waals surface area contributed by atoms with Gasteiger partial charge in [-0.05, 0) is 37.3 Å². The van der Waals surface area contributed by atoms with Gasteiger partial charge >= 0.3 is 12.1 Å². The molecule has 0 fully saturated rings. The van der Waals surface area contributed by atoms with E-state index in [1.165, 1.54) is 18.7 Å². The third-order valence-electron chi connectivity index (χ3n) is 2.77. The zero-order valence-electron chi connectivity index (χ0n) is 11.6. The number of benzene rings is 1. The van der Waals surface area contributed by atoms with Gasteiger partial charge in [-0.3, -0.25) is 9.59 Å². The molecular weight excluding hydrogens is 305 g/mol. The minimum Gasteiger partial charge on any atom is -0.465 e. The van der Waals surface area contributed by atoms with E-state index in [-0.39, 0.29) is 13.0 Å². The number of carbonyl (C=O) groups excluding carboxylic acids is 2. The van der Waals surface area contributed by atoms with E-state index in [2.05, 4.69) is 4.74 Å². The van der Waals surface area contributed by atoms with Crippen LogP contribution in [-0.2, 0) is 20.7 Å². The summed E-state index contributed by atoms with van der Waals surface area (Å²) in [6.45, 7) is 1.40. The van der Waals surface area contributed by atoms with Crippen molar-refractivity contribution in [3.63, 3.8) is 0 Å². The van der Waals surface area contributed by atoms with E-state index in [0.717, 1.165) is 4.90 Å². The zero-order chi connectivity index (χ0) is 16.0. The number of ether oxygens (including phenoxy) is 1. The molecule has 1 aromatic carbocycles. The minimum atomic E-state index is -5.06. The summed E-state index contributed by atoms with van der Waals surface area (Å²) in [4.78, 5) is 23.9. The summed E-state index contributed by atoms with van der Waals surface area (Å²) in [6, 6.07) is 6.64. The third kappa shape index (κ3) is 5.08. The Bertz CT molecular complexity index is 497. The largest absolute Gasteiger partial charge is 0.465 e. The van der Waals surface area contributed by atoms with Crippen molar-refractivity contribution in [1.82, 2.24) is 0 Å². The zero-order valence-corrected chi connectivity index (χ0v) is 12.4. The molecule has 1 rings (SSSR count). The molecule has 0 saturated heterocycles. The lowest BCUT2D eigenvalue weighted by Crippen LogP contribution is -2.37. The van der Waals surface area contributed by atoms with Crippen molar-refractivity contribution in [2.24, 2.45) is 5.92 Å². The highest BCUT2D eigenvalue weighted by Crippen LogP contribution is 2.25. The first-order chi connectivity index (χ1) is 9.79. The molecule has 0 radical (unpaired) electrons. The van der Waals surface area contributed by atoms with Crippen LogP contribution in [0.25, 0.3) is 0 Å². The molecule has 0 aliphatic carbocycles. The highest BCUT2D eigenvalue weighted by molar-refractivity contribution is 7.98. The topological polar surface area (TPSA) is 43.4 Å². The Kier molecular flexibility index (Phi) is 6.26. The van der Waals surface area contributed by atoms with Crippen LogP contribution in [0.2, 0.25) is 0 Å². The van der Waals surface area contributed by atoms with Gasteiger partial charge in [-0.15, -0.1) is 11.8 Å². The lowest BCUT2D eigenvalue weighted by molar-refractivity contribution is -0.180. The second-order valence-electron chi connectivity index (χ2n) is 4.22. The number of alkyl halides is 3. The first-order valence-corrected chi connectivity index (χ1v) is 7.42. The number of hydrogen-bond donors (Lipinski definition) is 0. The fourth-order valence-corrected chi connectivity index (χ4v) is 2.13. The molecule has 3 nitrogen and oxygen atoms in total. The van der Waals surface area contributed by atoms with Crippen LogP contribution in [-0.4, -0.2) is 30.8 Å². The van der Waals surface area contributed by atoms with Crippen LogP contribution in [0.1, 0.15) is 12.5 Å². The van der Waals surface area contributed by atoms with Gasteiger partial charge in [0.05, 0.1) is 6.61 Å². The maximum atomic E-state index is 12.6. The number of halogens is 3. The van der Waals surface area contributed by atoms with Crippen LogP contribution >= 0.6 is 11.8 Å². The fourth-order valence-electron chi connectivity index (χ4n) is 1.72. The van der Waals surface area contributed by atoms with Crippen LogP contribution in [0.4, 0.5) is 13.2 Å². The molecule has 21 heavy (non-hydrogen) atoms. The highest BCUT2D eigenvalue weighted by atomic mass is 32.2. The van der Waals surface area contributed by atoms with Gasteiger partial charge in [-0.2, -0.15) is 13.2 Å². The van der Waals surface area contributed by atoms with Gasteiger partial charge < -0.3 is 4.74 Å². The third-order valence-corrected chi connectivity index (χ3v) is 3.51. The lowest BCUT2D eigenvalue weighted by Gasteiger charge is -2.16. The summed E-state index contributed by atoms with van der Waals surface area (Å²) in [5.41, 5.74) is 0.475. The van der Waals surface area contributed by atoms with E-state index in [4.69, 9.17) is 0 Å². The molecule has 0 aliphatic heterocycles. The number of ketones is 1. The quantitative estimate of drug-likeness (QED) is 0.458. The molecular formula is C14H15F3O3S. The number of hydrogen-bond acceptors (Lipinski definition) is 4. The maximum absolute atomic E-state index is 12.6. The summed E-state index contributed by atoms with van der Waals surface area (Å²) in [6.07, 6.45) is -3.52. The highest BCUT2D eigenvalue weighted by Gasteiger charge is 2.46. The molecule has 0 spiro atoms. The van der Waals surface area contributed by atoms with Gasteiger partial charge in [0.2, 0.25) is 0 Å². The van der Waals surface area contributed by atoms with Crippen molar-refractivity contribution in [3.05, 3.63) is 29.8 Å². The van der Waals surface area contributed by atoms with Crippen molar-refractivity contribution in [2.75, 3.05) is 12.9 Å². The van der Waals surface area contributed by atoms with Crippen molar-refractivity contribution in [2.45, 2.75) is 24.4 Å². The summed E-state index contributed by atoms with van der Waals surface area (Å²) in [5.74, 6) is -5.08. The Morgan fingerprint density at radius 3 is 2.24 bits per heavy atom. The Labute approximate surface area is 124 Å². The Hall–Kier alpha value is -1.50. The van der Waals surface area contributed by atoms with Crippen molar-refractivity contribution in [1.29, 1.82) is 0 Å². The summed E-state index contributed by atoms with van der Waals surface area (Å²) < 4.78 is 42.3. The van der Waals surface area contributed by atoms with Gasteiger partial charge in [0, 0.05) is 4.90 Å². The predicted octanol–water partition coefficient (Wildman–Crippen LogP) is 3.26. The Morgan fingerprint density at radius 1 is 1.24 bits per heavy atom. The number of carbonyl (C=O) groups is 2. The number of esters is 1.